The molecular weight excluding hydrogens is 621 g/mol. The molecule has 48 heavy (non-hydrogen) atoms. The lowest BCUT2D eigenvalue weighted by molar-refractivity contribution is -0.172. The minimum Gasteiger partial charge on any atom is -0.481 e. The Bertz CT molecular complexity index is 1390. The molecule has 0 aromatic heterocycles. The minimum absolute atomic E-state index is 0.202. The molecule has 262 valence electrons. The number of aliphatic carboxylic acids is 3. The van der Waals surface area contributed by atoms with Crippen molar-refractivity contribution in [2.45, 2.75) is 108 Å². The van der Waals surface area contributed by atoms with E-state index in [0.29, 0.717) is 42.4 Å². The summed E-state index contributed by atoms with van der Waals surface area (Å²) in [5.41, 5.74) is -1.24. The first-order valence-corrected chi connectivity index (χ1v) is 16.6. The van der Waals surface area contributed by atoms with E-state index in [4.69, 9.17) is 0 Å². The van der Waals surface area contributed by atoms with Gasteiger partial charge in [-0.2, -0.15) is 0 Å². The maximum absolute atomic E-state index is 13.6. The Kier molecular flexibility index (Phi) is 17.2. The lowest BCUT2D eigenvalue weighted by Gasteiger charge is -2.29. The fourth-order valence-corrected chi connectivity index (χ4v) is 5.43. The quantitative estimate of drug-likeness (QED) is 0.0630. The Morgan fingerprint density at radius 2 is 1.46 bits per heavy atom. The lowest BCUT2D eigenvalue weighted by atomic mass is 9.82. The van der Waals surface area contributed by atoms with Gasteiger partial charge in [-0.3, -0.25) is 14.4 Å². The SMILES string of the molecule is CCCCCCCC(=O)CCCCCC/C=C/C(C(=O)NC(Cc1ccc(-c2cccc(F)c2)cc1)C(=O)O)C(O)(CC(=O)O)C(=O)O. The molecule has 5 N–H and O–H groups in total. The largest absolute Gasteiger partial charge is 0.481 e. The summed E-state index contributed by atoms with van der Waals surface area (Å²) in [6, 6.07) is 11.0. The van der Waals surface area contributed by atoms with Gasteiger partial charge in [-0.15, -0.1) is 0 Å². The number of unbranched alkanes of at least 4 members (excludes halogenated alkanes) is 8. The van der Waals surface area contributed by atoms with E-state index in [1.807, 2.05) is 0 Å². The van der Waals surface area contributed by atoms with Crippen LogP contribution in [-0.2, 0) is 30.4 Å². The number of Topliss-reactive ketones (excluding diaryl/α,β-unsaturated/α-hetero) is 1. The average molecular weight is 670 g/mol. The maximum atomic E-state index is 13.6. The van der Waals surface area contributed by atoms with E-state index in [1.165, 1.54) is 24.6 Å². The number of hydrogen-bond donors (Lipinski definition) is 5. The third-order valence-electron chi connectivity index (χ3n) is 8.22. The Labute approximate surface area is 281 Å². The Balaban J connectivity index is 2.03. The Morgan fingerprint density at radius 3 is 2.02 bits per heavy atom. The van der Waals surface area contributed by atoms with Gasteiger partial charge < -0.3 is 25.7 Å². The summed E-state index contributed by atoms with van der Waals surface area (Å²) >= 11 is 0. The van der Waals surface area contributed by atoms with Gasteiger partial charge in [0.05, 0.1) is 12.3 Å². The summed E-state index contributed by atoms with van der Waals surface area (Å²) < 4.78 is 13.6. The molecule has 0 aliphatic rings. The molecule has 11 heteroatoms. The third-order valence-corrected chi connectivity index (χ3v) is 8.22. The second-order valence-corrected chi connectivity index (χ2v) is 12.2. The monoisotopic (exact) mass is 669 g/mol. The number of carbonyl (C=O) groups excluding carboxylic acids is 2. The number of allylic oxidation sites excluding steroid dienone is 1. The smallest absolute Gasteiger partial charge is 0.337 e. The number of hydrogen-bond acceptors (Lipinski definition) is 6. The van der Waals surface area contributed by atoms with Crippen LogP contribution >= 0.6 is 0 Å². The van der Waals surface area contributed by atoms with E-state index in [-0.39, 0.29) is 12.2 Å². The van der Waals surface area contributed by atoms with Crippen LogP contribution in [0.4, 0.5) is 4.39 Å². The van der Waals surface area contributed by atoms with Gasteiger partial charge in [-0.05, 0) is 54.5 Å². The molecule has 2 aromatic rings. The van der Waals surface area contributed by atoms with Crippen molar-refractivity contribution in [3.05, 3.63) is 72.1 Å². The first-order valence-electron chi connectivity index (χ1n) is 16.6. The number of carbonyl (C=O) groups is 5. The highest BCUT2D eigenvalue weighted by molar-refractivity contribution is 5.94. The summed E-state index contributed by atoms with van der Waals surface area (Å²) in [6.45, 7) is 2.14. The zero-order chi connectivity index (χ0) is 35.5. The number of amides is 1. The lowest BCUT2D eigenvalue weighted by Crippen LogP contribution is -2.55. The number of nitrogens with one attached hydrogen (secondary N) is 1. The molecule has 0 fully saturated rings. The third kappa shape index (κ3) is 13.8. The topological polar surface area (TPSA) is 178 Å². The molecule has 0 aliphatic carbocycles. The summed E-state index contributed by atoms with van der Waals surface area (Å²) in [5.74, 6) is -8.24. The van der Waals surface area contributed by atoms with Crippen LogP contribution in [0.1, 0.15) is 96.0 Å². The van der Waals surface area contributed by atoms with Gasteiger partial charge in [0.2, 0.25) is 5.91 Å². The number of ketones is 1. The number of benzene rings is 2. The zero-order valence-corrected chi connectivity index (χ0v) is 27.5. The van der Waals surface area contributed by atoms with Crippen LogP contribution in [0.25, 0.3) is 11.1 Å². The highest BCUT2D eigenvalue weighted by Crippen LogP contribution is 2.26. The van der Waals surface area contributed by atoms with Crippen LogP contribution in [0.2, 0.25) is 0 Å². The van der Waals surface area contributed by atoms with Gasteiger partial charge >= 0.3 is 17.9 Å². The van der Waals surface area contributed by atoms with Crippen molar-refractivity contribution in [2.24, 2.45) is 5.92 Å². The number of rotatable bonds is 24. The molecule has 0 spiro atoms. The second-order valence-electron chi connectivity index (χ2n) is 12.2. The van der Waals surface area contributed by atoms with E-state index in [1.54, 1.807) is 36.4 Å². The van der Waals surface area contributed by atoms with Crippen LogP contribution in [0.3, 0.4) is 0 Å². The molecule has 10 nitrogen and oxygen atoms in total. The van der Waals surface area contributed by atoms with E-state index < -0.39 is 53.6 Å². The van der Waals surface area contributed by atoms with Crippen LogP contribution in [0.15, 0.2) is 60.7 Å². The molecule has 0 bridgehead atoms. The van der Waals surface area contributed by atoms with Crippen molar-refractivity contribution >= 4 is 29.6 Å². The fraction of sp³-hybridized carbons (Fsp3) is 0.486. The van der Waals surface area contributed by atoms with Crippen LogP contribution in [0, 0.1) is 11.7 Å². The molecule has 3 atom stereocenters. The van der Waals surface area contributed by atoms with Crippen molar-refractivity contribution in [1.82, 2.24) is 5.32 Å². The first kappa shape index (κ1) is 39.8. The maximum Gasteiger partial charge on any atom is 0.337 e. The standard InChI is InChI=1S/C37H48FNO9/c1-2-3-4-7-10-16-30(40)17-11-8-5-6-9-12-18-31(37(48,36(46)47)25-33(41)42)34(43)39-32(35(44)45)23-26-19-21-27(22-20-26)28-14-13-15-29(38)24-28/h12-15,18-22,24,31-32,48H,2-11,16-17,23,25H2,1H3,(H,39,43)(H,41,42)(H,44,45)(H,46,47)/b18-12+. The molecule has 0 saturated heterocycles. The normalized spacial score (nSPS) is 13.8. The van der Waals surface area contributed by atoms with Crippen molar-refractivity contribution in [2.75, 3.05) is 0 Å². The highest BCUT2D eigenvalue weighted by Gasteiger charge is 2.49. The number of halogens is 1. The number of carboxylic acid groups (broad SMARTS) is 3. The minimum atomic E-state index is -3.04. The molecule has 2 aromatic carbocycles. The average Bonchev–Trinajstić information content (AvgIpc) is 3.03. The van der Waals surface area contributed by atoms with E-state index >= 15 is 0 Å². The van der Waals surface area contributed by atoms with E-state index in [9.17, 15) is 48.8 Å². The summed E-state index contributed by atoms with van der Waals surface area (Å²) in [5, 5.41) is 42.1. The predicted molar refractivity (Wildman–Crippen MR) is 179 cm³/mol. The molecule has 2 rings (SSSR count). The molecule has 0 heterocycles. The van der Waals surface area contributed by atoms with Crippen LogP contribution in [-0.4, -0.2) is 61.7 Å². The van der Waals surface area contributed by atoms with Gasteiger partial charge in [-0.1, -0.05) is 94.0 Å². The van der Waals surface area contributed by atoms with Gasteiger partial charge in [0.1, 0.15) is 17.6 Å². The summed E-state index contributed by atoms with van der Waals surface area (Å²) in [6.07, 6.45) is 11.0. The predicted octanol–water partition coefficient (Wildman–Crippen LogP) is 6.34. The van der Waals surface area contributed by atoms with Gasteiger partial charge in [-0.25, -0.2) is 14.0 Å². The van der Waals surface area contributed by atoms with E-state index in [0.717, 1.165) is 51.0 Å². The van der Waals surface area contributed by atoms with Crippen molar-refractivity contribution in [1.29, 1.82) is 0 Å². The van der Waals surface area contributed by atoms with Gasteiger partial charge in [0.15, 0.2) is 5.60 Å². The summed E-state index contributed by atoms with van der Waals surface area (Å²) in [7, 11) is 0. The number of carboxylic acids is 3. The van der Waals surface area contributed by atoms with Gasteiger partial charge in [0.25, 0.3) is 0 Å². The molecule has 0 radical (unpaired) electrons. The highest BCUT2D eigenvalue weighted by atomic mass is 19.1. The number of aliphatic hydroxyl groups is 1. The van der Waals surface area contributed by atoms with Crippen molar-refractivity contribution < 1.29 is 48.8 Å². The Morgan fingerprint density at radius 1 is 0.833 bits per heavy atom. The van der Waals surface area contributed by atoms with Crippen molar-refractivity contribution in [3.63, 3.8) is 0 Å². The van der Waals surface area contributed by atoms with Crippen LogP contribution < -0.4 is 5.32 Å². The van der Waals surface area contributed by atoms with E-state index in [2.05, 4.69) is 12.2 Å². The first-order chi connectivity index (χ1) is 22.9. The molecule has 3 unspecified atom stereocenters. The molecular formula is C37H48FNO9. The Hall–Kier alpha value is -4.38. The zero-order valence-electron chi connectivity index (χ0n) is 27.5. The fourth-order valence-electron chi connectivity index (χ4n) is 5.43. The van der Waals surface area contributed by atoms with Gasteiger partial charge in [0, 0.05) is 19.3 Å². The van der Waals surface area contributed by atoms with Crippen molar-refractivity contribution in [3.8, 4) is 11.1 Å². The van der Waals surface area contributed by atoms with Crippen LogP contribution in [0.5, 0.6) is 0 Å². The molecule has 1 amide bonds. The summed E-state index contributed by atoms with van der Waals surface area (Å²) in [4.78, 5) is 61.0. The molecule has 0 saturated carbocycles. The molecule has 0 aliphatic heterocycles. The second kappa shape index (κ2) is 20.8.